The minimum Gasteiger partial charge on any atom is -0.444 e. The van der Waals surface area contributed by atoms with Crippen LogP contribution in [0.25, 0.3) is 0 Å². The van der Waals surface area contributed by atoms with Crippen LogP contribution in [0.15, 0.2) is 18.2 Å². The van der Waals surface area contributed by atoms with E-state index in [0.717, 1.165) is 0 Å². The van der Waals surface area contributed by atoms with E-state index in [0.29, 0.717) is 5.56 Å². The van der Waals surface area contributed by atoms with E-state index in [4.69, 9.17) is 9.29 Å². The highest BCUT2D eigenvalue weighted by Crippen LogP contribution is 2.22. The van der Waals surface area contributed by atoms with Gasteiger partial charge in [-0.1, -0.05) is 12.1 Å². The van der Waals surface area contributed by atoms with Gasteiger partial charge >= 0.3 is 6.09 Å². The van der Waals surface area contributed by atoms with E-state index >= 15 is 0 Å². The van der Waals surface area contributed by atoms with Crippen LogP contribution >= 0.6 is 0 Å². The fraction of sp³-hybridized carbons (Fsp3) is 0.533. The number of hydrogen-bond donors (Lipinski definition) is 2. The summed E-state index contributed by atoms with van der Waals surface area (Å²) >= 11 is 0. The molecule has 23 heavy (non-hydrogen) atoms. The molecule has 0 fully saturated rings. The summed E-state index contributed by atoms with van der Waals surface area (Å²) in [6, 6.07) is 3.67. The molecule has 0 aromatic heterocycles. The molecule has 1 atom stereocenters. The second-order valence-corrected chi connectivity index (χ2v) is 7.78. The summed E-state index contributed by atoms with van der Waals surface area (Å²) in [5.74, 6) is -1.19. The Morgan fingerprint density at radius 2 is 2.00 bits per heavy atom. The molecule has 6 nitrogen and oxygen atoms in total. The van der Waals surface area contributed by atoms with Gasteiger partial charge in [0, 0.05) is 0 Å². The zero-order valence-electron chi connectivity index (χ0n) is 13.6. The van der Waals surface area contributed by atoms with Gasteiger partial charge in [-0.25, -0.2) is 9.18 Å². The highest BCUT2D eigenvalue weighted by atomic mass is 32.2. The van der Waals surface area contributed by atoms with Crippen molar-refractivity contribution in [1.29, 1.82) is 0 Å². The van der Waals surface area contributed by atoms with Crippen molar-refractivity contribution in [1.82, 2.24) is 5.32 Å². The number of amides is 1. The summed E-state index contributed by atoms with van der Waals surface area (Å²) < 4.78 is 49.7. The molecule has 1 rings (SSSR count). The van der Waals surface area contributed by atoms with Crippen molar-refractivity contribution >= 4 is 16.2 Å². The number of carbonyl (C=O) groups is 1. The molecule has 0 bridgehead atoms. The average Bonchev–Trinajstić information content (AvgIpc) is 2.33. The molecule has 8 heteroatoms. The lowest BCUT2D eigenvalue weighted by Gasteiger charge is -2.23. The number of benzene rings is 1. The molecule has 1 aromatic rings. The van der Waals surface area contributed by atoms with Crippen LogP contribution in [0, 0.1) is 5.82 Å². The van der Waals surface area contributed by atoms with Crippen molar-refractivity contribution in [3.8, 4) is 0 Å². The van der Waals surface area contributed by atoms with Crippen LogP contribution in [0.1, 0.15) is 44.9 Å². The molecular formula is C15H22FNO5S. The first-order chi connectivity index (χ1) is 10.4. The molecular weight excluding hydrogens is 325 g/mol. The highest BCUT2D eigenvalue weighted by Gasteiger charge is 2.21. The third-order valence-corrected chi connectivity index (χ3v) is 3.68. The van der Waals surface area contributed by atoms with E-state index in [9.17, 15) is 17.6 Å². The topological polar surface area (TPSA) is 92.7 Å². The van der Waals surface area contributed by atoms with Crippen molar-refractivity contribution in [3.63, 3.8) is 0 Å². The quantitative estimate of drug-likeness (QED) is 0.799. The Bertz CT molecular complexity index is 667. The highest BCUT2D eigenvalue weighted by molar-refractivity contribution is 7.85. The molecule has 1 aromatic carbocycles. The van der Waals surface area contributed by atoms with Crippen molar-refractivity contribution in [2.24, 2.45) is 0 Å². The van der Waals surface area contributed by atoms with E-state index in [-0.39, 0.29) is 12.0 Å². The van der Waals surface area contributed by atoms with Crippen LogP contribution < -0.4 is 5.32 Å². The summed E-state index contributed by atoms with van der Waals surface area (Å²) in [4.78, 5) is 11.8. The van der Waals surface area contributed by atoms with Gasteiger partial charge in [-0.05, 0) is 51.3 Å². The average molecular weight is 347 g/mol. The Balaban J connectivity index is 2.94. The van der Waals surface area contributed by atoms with E-state index in [1.54, 1.807) is 33.8 Å². The van der Waals surface area contributed by atoms with Gasteiger partial charge in [-0.15, -0.1) is 0 Å². The standard InChI is InChI=1S/C15H22FNO5S/c1-10(17-14(18)22-15(2,3)4)11-6-5-7-13(16)12(11)8-9-23(19,20)21/h5-7,10H,8-9H2,1-4H3,(H,17,18)(H,19,20,21)/t10-/m0/s1. The third kappa shape index (κ3) is 6.96. The van der Waals surface area contributed by atoms with Gasteiger partial charge in [0.05, 0.1) is 11.8 Å². The van der Waals surface area contributed by atoms with Crippen molar-refractivity contribution in [2.75, 3.05) is 5.75 Å². The molecule has 0 saturated carbocycles. The van der Waals surface area contributed by atoms with Crippen LogP contribution in [-0.4, -0.2) is 30.4 Å². The second kappa shape index (κ2) is 7.27. The molecule has 0 radical (unpaired) electrons. The summed E-state index contributed by atoms with van der Waals surface area (Å²) in [6.45, 7) is 6.79. The summed E-state index contributed by atoms with van der Waals surface area (Å²) in [5.41, 5.74) is -0.104. The van der Waals surface area contributed by atoms with E-state index in [1.807, 2.05) is 0 Å². The monoisotopic (exact) mass is 347 g/mol. The molecule has 0 aliphatic carbocycles. The zero-order valence-corrected chi connectivity index (χ0v) is 14.4. The Hall–Kier alpha value is -1.67. The van der Waals surface area contributed by atoms with Crippen molar-refractivity contribution in [2.45, 2.75) is 45.8 Å². The molecule has 1 amide bonds. The first kappa shape index (κ1) is 19.4. The smallest absolute Gasteiger partial charge is 0.408 e. The molecule has 0 aliphatic heterocycles. The molecule has 0 unspecified atom stereocenters. The number of rotatable bonds is 5. The largest absolute Gasteiger partial charge is 0.444 e. The normalized spacial score (nSPS) is 13.5. The van der Waals surface area contributed by atoms with Gasteiger partial charge in [-0.3, -0.25) is 4.55 Å². The Morgan fingerprint density at radius 3 is 2.52 bits per heavy atom. The SMILES string of the molecule is C[C@H](NC(=O)OC(C)(C)C)c1cccc(F)c1CCS(=O)(=O)O. The predicted molar refractivity (Wildman–Crippen MR) is 84.3 cm³/mol. The van der Waals surface area contributed by atoms with Crippen LogP contribution in [0.5, 0.6) is 0 Å². The lowest BCUT2D eigenvalue weighted by atomic mass is 9.99. The van der Waals surface area contributed by atoms with E-state index in [1.165, 1.54) is 12.1 Å². The van der Waals surface area contributed by atoms with Gasteiger partial charge in [-0.2, -0.15) is 8.42 Å². The van der Waals surface area contributed by atoms with E-state index in [2.05, 4.69) is 5.32 Å². The maximum atomic E-state index is 14.0. The maximum Gasteiger partial charge on any atom is 0.408 e. The molecule has 0 spiro atoms. The number of ether oxygens (including phenoxy) is 1. The maximum absolute atomic E-state index is 14.0. The van der Waals surface area contributed by atoms with Crippen LogP contribution in [-0.2, 0) is 21.3 Å². The molecule has 0 aliphatic rings. The summed E-state index contributed by atoms with van der Waals surface area (Å²) in [7, 11) is -4.21. The Kier molecular flexibility index (Phi) is 6.12. The number of alkyl carbamates (subject to hydrolysis) is 1. The van der Waals surface area contributed by atoms with Gasteiger partial charge in [0.2, 0.25) is 0 Å². The molecule has 130 valence electrons. The van der Waals surface area contributed by atoms with Crippen LogP contribution in [0.3, 0.4) is 0 Å². The fourth-order valence-electron chi connectivity index (χ4n) is 2.04. The van der Waals surface area contributed by atoms with Crippen LogP contribution in [0.4, 0.5) is 9.18 Å². The molecule has 0 heterocycles. The number of hydrogen-bond acceptors (Lipinski definition) is 4. The van der Waals surface area contributed by atoms with E-state index < -0.39 is 39.4 Å². The van der Waals surface area contributed by atoms with Gasteiger partial charge in [0.15, 0.2) is 0 Å². The fourth-order valence-corrected chi connectivity index (χ4v) is 2.50. The first-order valence-corrected chi connectivity index (χ1v) is 8.72. The minimum absolute atomic E-state index is 0.133. The lowest BCUT2D eigenvalue weighted by Crippen LogP contribution is -2.34. The zero-order chi connectivity index (χ0) is 17.8. The van der Waals surface area contributed by atoms with Gasteiger partial charge in [0.25, 0.3) is 10.1 Å². The summed E-state index contributed by atoms with van der Waals surface area (Å²) in [5, 5.41) is 2.58. The lowest BCUT2D eigenvalue weighted by molar-refractivity contribution is 0.0507. The summed E-state index contributed by atoms with van der Waals surface area (Å²) in [6.07, 6.45) is -0.851. The van der Waals surface area contributed by atoms with Crippen molar-refractivity contribution < 1.29 is 26.9 Å². The number of nitrogens with one attached hydrogen (secondary N) is 1. The molecule has 0 saturated heterocycles. The van der Waals surface area contributed by atoms with Gasteiger partial charge in [0.1, 0.15) is 11.4 Å². The third-order valence-electron chi connectivity index (χ3n) is 2.96. The Labute approximate surface area is 135 Å². The first-order valence-electron chi connectivity index (χ1n) is 7.11. The number of carbonyl (C=O) groups excluding carboxylic acids is 1. The predicted octanol–water partition coefficient (Wildman–Crippen LogP) is 2.84. The van der Waals surface area contributed by atoms with Crippen LogP contribution in [0.2, 0.25) is 0 Å². The molecule has 2 N–H and O–H groups in total. The second-order valence-electron chi connectivity index (χ2n) is 6.21. The van der Waals surface area contributed by atoms with Crippen molar-refractivity contribution in [3.05, 3.63) is 35.1 Å². The number of halogens is 1. The minimum atomic E-state index is -4.21. The van der Waals surface area contributed by atoms with Gasteiger partial charge < -0.3 is 10.1 Å². The Morgan fingerprint density at radius 1 is 1.39 bits per heavy atom.